The van der Waals surface area contributed by atoms with Crippen LogP contribution in [0.2, 0.25) is 13.1 Å². The maximum Gasteiger partial charge on any atom is 0.151 e. The fourth-order valence-corrected chi connectivity index (χ4v) is 2.70. The van der Waals surface area contributed by atoms with E-state index in [0.717, 1.165) is 5.19 Å². The lowest BCUT2D eigenvalue weighted by atomic mass is 10.4. The van der Waals surface area contributed by atoms with Gasteiger partial charge in [-0.2, -0.15) is 0 Å². The normalized spacial score (nSPS) is 13.1. The molecular formula is C10H12F2Si. The van der Waals surface area contributed by atoms with Gasteiger partial charge in [-0.25, -0.2) is 8.78 Å². The first-order chi connectivity index (χ1) is 6.09. The predicted molar refractivity (Wildman–Crippen MR) is 53.9 cm³/mol. The molecule has 0 bridgehead atoms. The van der Waals surface area contributed by atoms with Crippen LogP contribution < -0.4 is 5.19 Å². The van der Waals surface area contributed by atoms with Crippen LogP contribution in [0.25, 0.3) is 0 Å². The van der Waals surface area contributed by atoms with Gasteiger partial charge in [-0.1, -0.05) is 48.6 Å². The van der Waals surface area contributed by atoms with Crippen molar-refractivity contribution in [3.63, 3.8) is 0 Å². The highest BCUT2D eigenvalue weighted by Crippen LogP contribution is 2.16. The molecule has 0 heterocycles. The van der Waals surface area contributed by atoms with Crippen molar-refractivity contribution >= 4 is 13.3 Å². The Morgan fingerprint density at radius 1 is 1.23 bits per heavy atom. The van der Waals surface area contributed by atoms with Crippen molar-refractivity contribution in [1.29, 1.82) is 0 Å². The second-order valence-corrected chi connectivity index (χ2v) is 7.75. The maximum absolute atomic E-state index is 13.1. The minimum atomic E-state index is -2.36. The molecule has 0 saturated carbocycles. The second kappa shape index (κ2) is 3.83. The topological polar surface area (TPSA) is 0 Å². The first-order valence-corrected chi connectivity index (χ1v) is 7.11. The Morgan fingerprint density at radius 2 is 1.77 bits per heavy atom. The van der Waals surface area contributed by atoms with Gasteiger partial charge in [0, 0.05) is 0 Å². The van der Waals surface area contributed by atoms with Crippen LogP contribution in [0, 0.1) is 0 Å². The second-order valence-electron chi connectivity index (χ2n) is 3.45. The number of benzene rings is 1. The van der Waals surface area contributed by atoms with Gasteiger partial charge in [-0.15, -0.1) is 0 Å². The summed E-state index contributed by atoms with van der Waals surface area (Å²) in [5.74, 6) is 0. The van der Waals surface area contributed by atoms with Gasteiger partial charge in [-0.05, 0) is 0 Å². The highest BCUT2D eigenvalue weighted by atomic mass is 28.3. The van der Waals surface area contributed by atoms with E-state index in [4.69, 9.17) is 0 Å². The molecule has 0 aromatic heterocycles. The Bertz CT molecular complexity index is 304. The summed E-state index contributed by atoms with van der Waals surface area (Å²) >= 11 is 0. The van der Waals surface area contributed by atoms with E-state index in [2.05, 4.69) is 0 Å². The predicted octanol–water partition coefficient (Wildman–Crippen LogP) is 2.92. The number of hydrogen-bond donors (Lipinski definition) is 0. The summed E-state index contributed by atoms with van der Waals surface area (Å²) < 4.78 is 25.2. The molecule has 3 heteroatoms. The largest absolute Gasteiger partial charge is 0.214 e. The van der Waals surface area contributed by atoms with Gasteiger partial charge in [0.2, 0.25) is 0 Å². The van der Waals surface area contributed by atoms with Gasteiger partial charge in [0.15, 0.2) is 8.07 Å². The summed E-state index contributed by atoms with van der Waals surface area (Å²) in [5.41, 5.74) is -0.612. The molecule has 0 saturated heterocycles. The Morgan fingerprint density at radius 3 is 2.23 bits per heavy atom. The molecule has 0 unspecified atom stereocenters. The molecule has 0 spiro atoms. The molecule has 0 aliphatic rings. The summed E-state index contributed by atoms with van der Waals surface area (Å²) in [7, 11) is -2.36. The molecule has 0 atom stereocenters. The molecule has 0 amide bonds. The number of rotatable bonds is 2. The third-order valence-electron chi connectivity index (χ3n) is 2.19. The Kier molecular flexibility index (Phi) is 2.98. The third-order valence-corrected chi connectivity index (χ3v) is 5.27. The minimum absolute atomic E-state index is 0.0826. The smallest absolute Gasteiger partial charge is 0.151 e. The maximum atomic E-state index is 13.1. The summed E-state index contributed by atoms with van der Waals surface area (Å²) in [6, 6.07) is 9.24. The SMILES string of the molecule is C[Si](C)(/C(F)=C/F)c1ccccc1. The monoisotopic (exact) mass is 198 g/mol. The van der Waals surface area contributed by atoms with Crippen LogP contribution in [0.3, 0.4) is 0 Å². The van der Waals surface area contributed by atoms with E-state index in [1.165, 1.54) is 0 Å². The molecular weight excluding hydrogens is 186 g/mol. The fourth-order valence-electron chi connectivity index (χ4n) is 1.13. The van der Waals surface area contributed by atoms with Crippen molar-refractivity contribution in [2.45, 2.75) is 13.1 Å². The van der Waals surface area contributed by atoms with E-state index in [0.29, 0.717) is 0 Å². The van der Waals surface area contributed by atoms with Gasteiger partial charge in [0.1, 0.15) is 11.8 Å². The van der Waals surface area contributed by atoms with Crippen molar-refractivity contribution in [3.8, 4) is 0 Å². The summed E-state index contributed by atoms with van der Waals surface area (Å²) in [5, 5.41) is 0.904. The van der Waals surface area contributed by atoms with Crippen molar-refractivity contribution in [2.75, 3.05) is 0 Å². The van der Waals surface area contributed by atoms with Crippen molar-refractivity contribution in [3.05, 3.63) is 42.1 Å². The standard InChI is InChI=1S/C10H12F2Si/c1-13(2,10(12)8-11)9-6-4-3-5-7-9/h3-8H,1-2H3/b10-8+. The lowest BCUT2D eigenvalue weighted by Crippen LogP contribution is -2.42. The van der Waals surface area contributed by atoms with Crippen molar-refractivity contribution in [1.82, 2.24) is 0 Å². The molecule has 13 heavy (non-hydrogen) atoms. The van der Waals surface area contributed by atoms with Crippen molar-refractivity contribution in [2.24, 2.45) is 0 Å². The van der Waals surface area contributed by atoms with E-state index < -0.39 is 13.5 Å². The lowest BCUT2D eigenvalue weighted by molar-refractivity contribution is 0.619. The van der Waals surface area contributed by atoms with Crippen LogP contribution >= 0.6 is 0 Å². The van der Waals surface area contributed by atoms with Crippen LogP contribution in [0.15, 0.2) is 42.1 Å². The van der Waals surface area contributed by atoms with Gasteiger partial charge >= 0.3 is 0 Å². The Hall–Kier alpha value is -0.963. The van der Waals surface area contributed by atoms with E-state index in [9.17, 15) is 8.78 Å². The van der Waals surface area contributed by atoms with E-state index in [1.54, 1.807) is 13.1 Å². The van der Waals surface area contributed by atoms with Crippen molar-refractivity contribution < 1.29 is 8.78 Å². The van der Waals surface area contributed by atoms with Crippen LogP contribution in [-0.4, -0.2) is 8.07 Å². The van der Waals surface area contributed by atoms with Crippen LogP contribution in [0.4, 0.5) is 8.78 Å². The van der Waals surface area contributed by atoms with E-state index in [1.807, 2.05) is 30.3 Å². The molecule has 1 aromatic rings. The molecule has 0 aliphatic heterocycles. The average molecular weight is 198 g/mol. The first-order valence-electron chi connectivity index (χ1n) is 4.11. The summed E-state index contributed by atoms with van der Waals surface area (Å²) in [4.78, 5) is 0. The number of halogens is 2. The van der Waals surface area contributed by atoms with Crippen LogP contribution in [-0.2, 0) is 0 Å². The lowest BCUT2D eigenvalue weighted by Gasteiger charge is -2.19. The Labute approximate surface area is 77.9 Å². The van der Waals surface area contributed by atoms with Gasteiger partial charge < -0.3 is 0 Å². The number of hydrogen-bond acceptors (Lipinski definition) is 0. The summed E-state index contributed by atoms with van der Waals surface area (Å²) in [6.45, 7) is 3.57. The van der Waals surface area contributed by atoms with Gasteiger partial charge in [0.25, 0.3) is 0 Å². The van der Waals surface area contributed by atoms with Crippen LogP contribution in [0.5, 0.6) is 0 Å². The molecule has 70 valence electrons. The van der Waals surface area contributed by atoms with E-state index >= 15 is 0 Å². The molecule has 0 aliphatic carbocycles. The quantitative estimate of drug-likeness (QED) is 0.641. The van der Waals surface area contributed by atoms with Gasteiger partial charge in [0.05, 0.1) is 0 Å². The zero-order valence-electron chi connectivity index (χ0n) is 7.72. The zero-order valence-corrected chi connectivity index (χ0v) is 8.72. The molecule has 0 radical (unpaired) electrons. The van der Waals surface area contributed by atoms with Crippen LogP contribution in [0.1, 0.15) is 0 Å². The molecule has 1 rings (SSSR count). The minimum Gasteiger partial charge on any atom is -0.214 e. The average Bonchev–Trinajstić information content (AvgIpc) is 2.18. The molecule has 1 aromatic carbocycles. The molecule has 0 fully saturated rings. The van der Waals surface area contributed by atoms with Gasteiger partial charge in [-0.3, -0.25) is 0 Å². The molecule has 0 N–H and O–H groups in total. The fraction of sp³-hybridized carbons (Fsp3) is 0.200. The summed E-state index contributed by atoms with van der Waals surface area (Å²) in [6.07, 6.45) is 0.0826. The zero-order chi connectivity index (χ0) is 9.90. The molecule has 0 nitrogen and oxygen atoms in total. The first kappa shape index (κ1) is 10.1. The highest BCUT2D eigenvalue weighted by Gasteiger charge is 2.29. The third kappa shape index (κ3) is 2.04. The van der Waals surface area contributed by atoms with E-state index in [-0.39, 0.29) is 6.33 Å². The Balaban J connectivity index is 3.08. The highest BCUT2D eigenvalue weighted by molar-refractivity contribution is 6.95.